The fraction of sp³-hybridized carbons (Fsp3) is 0.235. The largest absolute Gasteiger partial charge is 0.494 e. The van der Waals surface area contributed by atoms with Crippen LogP contribution in [0.25, 0.3) is 11.0 Å². The van der Waals surface area contributed by atoms with Crippen molar-refractivity contribution < 1.29 is 14.6 Å². The van der Waals surface area contributed by atoms with Gasteiger partial charge in [0.05, 0.1) is 17.6 Å². The van der Waals surface area contributed by atoms with Gasteiger partial charge < -0.3 is 26.3 Å². The Morgan fingerprint density at radius 2 is 2.00 bits per heavy atom. The molecule has 0 aliphatic heterocycles. The Morgan fingerprint density at radius 1 is 1.27 bits per heavy atom. The predicted octanol–water partition coefficient (Wildman–Crippen LogP) is 2.34. The van der Waals surface area contributed by atoms with Gasteiger partial charge in [0.25, 0.3) is 0 Å². The second kappa shape index (κ2) is 7.52. The number of benzene rings is 1. The lowest BCUT2D eigenvalue weighted by Gasteiger charge is -2.05. The van der Waals surface area contributed by atoms with Crippen molar-refractivity contribution in [2.24, 2.45) is 0 Å². The van der Waals surface area contributed by atoms with Crippen LogP contribution in [-0.2, 0) is 11.2 Å². The van der Waals surface area contributed by atoms with Crippen LogP contribution in [0, 0.1) is 0 Å². The van der Waals surface area contributed by atoms with E-state index >= 15 is 0 Å². The van der Waals surface area contributed by atoms with Crippen molar-refractivity contribution in [3.63, 3.8) is 0 Å². The number of rotatable bonds is 6. The zero-order valence-electron chi connectivity index (χ0n) is 14.2. The Labute approximate surface area is 154 Å². The molecule has 0 amide bonds. The molecular formula is C17H19N5O3S. The first-order valence-corrected chi connectivity index (χ1v) is 9.00. The van der Waals surface area contributed by atoms with E-state index in [-0.39, 0.29) is 23.6 Å². The minimum Gasteiger partial charge on any atom is -0.494 e. The monoisotopic (exact) mass is 373 g/mol. The maximum Gasteiger partial charge on any atom is 0.338 e. The van der Waals surface area contributed by atoms with Gasteiger partial charge in [-0.15, -0.1) is 11.8 Å². The third kappa shape index (κ3) is 3.67. The molecule has 2 aromatic heterocycles. The van der Waals surface area contributed by atoms with Crippen molar-refractivity contribution >= 4 is 40.5 Å². The Kier molecular flexibility index (Phi) is 5.17. The molecule has 0 unspecified atom stereocenters. The molecule has 0 bridgehead atoms. The molecule has 136 valence electrons. The molecule has 0 spiro atoms. The topological polar surface area (TPSA) is 140 Å². The van der Waals surface area contributed by atoms with Gasteiger partial charge >= 0.3 is 5.97 Å². The van der Waals surface area contributed by atoms with Crippen LogP contribution in [-0.4, -0.2) is 38.4 Å². The number of ether oxygens (including phenoxy) is 1. The molecule has 0 saturated heterocycles. The van der Waals surface area contributed by atoms with Gasteiger partial charge in [-0.1, -0.05) is 0 Å². The second-order valence-electron chi connectivity index (χ2n) is 5.49. The Bertz CT molecular complexity index is 940. The molecule has 0 aliphatic rings. The molecule has 0 aliphatic carbocycles. The number of thioether (sulfide) groups is 1. The predicted molar refractivity (Wildman–Crippen MR) is 101 cm³/mol. The summed E-state index contributed by atoms with van der Waals surface area (Å²) in [5, 5.41) is 10.7. The molecule has 0 radical (unpaired) electrons. The van der Waals surface area contributed by atoms with Crippen LogP contribution in [0.2, 0.25) is 0 Å². The highest BCUT2D eigenvalue weighted by Crippen LogP contribution is 2.32. The minimum atomic E-state index is -0.331. The first-order chi connectivity index (χ1) is 12.5. The van der Waals surface area contributed by atoms with E-state index in [9.17, 15) is 9.90 Å². The lowest BCUT2D eigenvalue weighted by atomic mass is 10.2. The third-order valence-electron chi connectivity index (χ3n) is 3.76. The number of nitrogens with two attached hydrogens (primary N) is 2. The van der Waals surface area contributed by atoms with Gasteiger partial charge in [0.1, 0.15) is 11.5 Å². The van der Waals surface area contributed by atoms with Crippen molar-refractivity contribution in [2.45, 2.75) is 18.2 Å². The number of carbonyl (C=O) groups is 1. The highest BCUT2D eigenvalue weighted by Gasteiger charge is 2.16. The number of nitrogens with zero attached hydrogens (tertiary/aromatic N) is 2. The van der Waals surface area contributed by atoms with Crippen molar-refractivity contribution in [2.75, 3.05) is 23.8 Å². The van der Waals surface area contributed by atoms with Crippen LogP contribution in [0.5, 0.6) is 5.88 Å². The number of esters is 1. The van der Waals surface area contributed by atoms with Crippen molar-refractivity contribution in [1.29, 1.82) is 0 Å². The summed E-state index contributed by atoms with van der Waals surface area (Å²) < 4.78 is 4.96. The summed E-state index contributed by atoms with van der Waals surface area (Å²) in [6.07, 6.45) is 0.563. The number of fused-ring (bicyclic) bond motifs is 1. The van der Waals surface area contributed by atoms with Crippen LogP contribution in [0.15, 0.2) is 29.2 Å². The van der Waals surface area contributed by atoms with Gasteiger partial charge in [-0.05, 0) is 37.6 Å². The molecular weight excluding hydrogens is 354 g/mol. The fourth-order valence-electron chi connectivity index (χ4n) is 2.61. The lowest BCUT2D eigenvalue weighted by molar-refractivity contribution is 0.0526. The molecule has 6 N–H and O–H groups in total. The Hall–Kier alpha value is -2.94. The first kappa shape index (κ1) is 17.9. The van der Waals surface area contributed by atoms with E-state index in [1.165, 1.54) is 0 Å². The number of anilines is 2. The number of hydrogen-bond donors (Lipinski definition) is 4. The van der Waals surface area contributed by atoms with E-state index in [4.69, 9.17) is 16.2 Å². The molecule has 26 heavy (non-hydrogen) atoms. The average Bonchev–Trinajstić information content (AvgIpc) is 2.91. The Morgan fingerprint density at radius 3 is 2.69 bits per heavy atom. The smallest absolute Gasteiger partial charge is 0.338 e. The molecule has 3 rings (SSSR count). The van der Waals surface area contributed by atoms with Gasteiger partial charge in [0, 0.05) is 16.2 Å². The van der Waals surface area contributed by atoms with Gasteiger partial charge in [-0.3, -0.25) is 0 Å². The SMILES string of the molecule is CCOC(=O)c1ccc(SCCc2c(O)[nH]c3nc(N)nc(N)c23)cc1. The van der Waals surface area contributed by atoms with E-state index in [0.717, 1.165) is 4.90 Å². The first-order valence-electron chi connectivity index (χ1n) is 8.02. The van der Waals surface area contributed by atoms with E-state index in [2.05, 4.69) is 15.0 Å². The number of aromatic amines is 1. The summed E-state index contributed by atoms with van der Waals surface area (Å²) in [4.78, 5) is 23.4. The summed E-state index contributed by atoms with van der Waals surface area (Å²) in [7, 11) is 0. The summed E-state index contributed by atoms with van der Waals surface area (Å²) in [5.41, 5.74) is 13.1. The van der Waals surface area contributed by atoms with Gasteiger partial charge in [0.15, 0.2) is 5.88 Å². The number of aromatic hydroxyl groups is 1. The van der Waals surface area contributed by atoms with Crippen LogP contribution in [0.4, 0.5) is 11.8 Å². The number of H-pyrrole nitrogens is 1. The van der Waals surface area contributed by atoms with Crippen LogP contribution < -0.4 is 11.5 Å². The second-order valence-corrected chi connectivity index (χ2v) is 6.65. The maximum atomic E-state index is 11.7. The van der Waals surface area contributed by atoms with Crippen molar-refractivity contribution in [3.05, 3.63) is 35.4 Å². The van der Waals surface area contributed by atoms with Crippen LogP contribution >= 0.6 is 11.8 Å². The highest BCUT2D eigenvalue weighted by atomic mass is 32.2. The number of carbonyl (C=O) groups excluding carboxylic acids is 1. The zero-order chi connectivity index (χ0) is 18.7. The van der Waals surface area contributed by atoms with Crippen molar-refractivity contribution in [1.82, 2.24) is 15.0 Å². The highest BCUT2D eigenvalue weighted by molar-refractivity contribution is 7.99. The number of aryl methyl sites for hydroxylation is 1. The summed E-state index contributed by atoms with van der Waals surface area (Å²) in [6, 6.07) is 7.20. The molecule has 8 nitrogen and oxygen atoms in total. The Balaban J connectivity index is 1.68. The van der Waals surface area contributed by atoms with Gasteiger partial charge in [0.2, 0.25) is 5.95 Å². The van der Waals surface area contributed by atoms with Crippen molar-refractivity contribution in [3.8, 4) is 5.88 Å². The third-order valence-corrected chi connectivity index (χ3v) is 4.78. The minimum absolute atomic E-state index is 0.0184. The van der Waals surface area contributed by atoms with E-state index < -0.39 is 0 Å². The van der Waals surface area contributed by atoms with Gasteiger partial charge in [-0.25, -0.2) is 4.79 Å². The average molecular weight is 373 g/mol. The quantitative estimate of drug-likeness (QED) is 0.381. The molecule has 0 fully saturated rings. The summed E-state index contributed by atoms with van der Waals surface area (Å²) in [6.45, 7) is 2.12. The van der Waals surface area contributed by atoms with Crippen LogP contribution in [0.1, 0.15) is 22.8 Å². The molecule has 1 aromatic carbocycles. The number of nitrogen functional groups attached to an aromatic ring is 2. The standard InChI is InChI=1S/C17H19N5O3S/c1-2-25-16(24)9-3-5-10(6-4-9)26-8-7-11-12-13(18)20-17(19)22-14(12)21-15(11)23/h3-6,23H,2,7-8H2,1H3,(H5,18,19,20,21,22). The molecule has 0 atom stereocenters. The van der Waals surface area contributed by atoms with E-state index in [1.54, 1.807) is 30.8 Å². The number of nitrogens with one attached hydrogen (secondary N) is 1. The maximum absolute atomic E-state index is 11.7. The lowest BCUT2D eigenvalue weighted by Crippen LogP contribution is -2.04. The summed E-state index contributed by atoms with van der Waals surface area (Å²) >= 11 is 1.60. The molecule has 2 heterocycles. The molecule has 9 heteroatoms. The number of hydrogen-bond acceptors (Lipinski definition) is 8. The van der Waals surface area contributed by atoms with E-state index in [0.29, 0.717) is 40.9 Å². The van der Waals surface area contributed by atoms with E-state index in [1.807, 2.05) is 12.1 Å². The molecule has 0 saturated carbocycles. The molecule has 3 aromatic rings. The summed E-state index contributed by atoms with van der Waals surface area (Å²) in [5.74, 6) is 0.678. The fourth-order valence-corrected chi connectivity index (χ4v) is 3.48. The van der Waals surface area contributed by atoms with Crippen LogP contribution in [0.3, 0.4) is 0 Å². The number of aromatic nitrogens is 3. The zero-order valence-corrected chi connectivity index (χ0v) is 15.0. The normalized spacial score (nSPS) is 11.0. The van der Waals surface area contributed by atoms with Gasteiger partial charge in [-0.2, -0.15) is 9.97 Å².